The Morgan fingerprint density at radius 1 is 1.26 bits per heavy atom. The molecule has 1 saturated carbocycles. The first-order valence-electron chi connectivity index (χ1n) is 7.04. The molecule has 0 spiro atoms. The van der Waals surface area contributed by atoms with Crippen molar-refractivity contribution in [1.82, 2.24) is 5.32 Å². The van der Waals surface area contributed by atoms with Crippen LogP contribution in [-0.4, -0.2) is 19.3 Å². The molecule has 0 radical (unpaired) electrons. The topological polar surface area (TPSA) is 30.5 Å². The molecule has 1 aromatic carbocycles. The third-order valence-electron chi connectivity index (χ3n) is 3.83. The first-order chi connectivity index (χ1) is 9.22. The fourth-order valence-corrected chi connectivity index (χ4v) is 3.01. The monoisotopic (exact) mass is 281 g/mol. The summed E-state index contributed by atoms with van der Waals surface area (Å²) in [5, 5.41) is 4.21. The van der Waals surface area contributed by atoms with Crippen LogP contribution in [0.25, 0.3) is 0 Å². The summed E-state index contributed by atoms with van der Waals surface area (Å²) < 4.78 is 11.3. The number of hydrogen-bond donors (Lipinski definition) is 1. The van der Waals surface area contributed by atoms with Gasteiger partial charge in [0.1, 0.15) is 0 Å². The van der Waals surface area contributed by atoms with E-state index < -0.39 is 0 Å². The zero-order valence-corrected chi connectivity index (χ0v) is 12.0. The van der Waals surface area contributed by atoms with Gasteiger partial charge in [0.25, 0.3) is 0 Å². The minimum Gasteiger partial charge on any atom is -0.489 e. The van der Waals surface area contributed by atoms with Crippen LogP contribution in [0.1, 0.15) is 31.7 Å². The van der Waals surface area contributed by atoms with E-state index in [9.17, 15) is 0 Å². The summed E-state index contributed by atoms with van der Waals surface area (Å²) in [6.45, 7) is 4.50. The van der Waals surface area contributed by atoms with Crippen LogP contribution in [0.2, 0.25) is 5.02 Å². The highest BCUT2D eigenvalue weighted by Crippen LogP contribution is 2.38. The Labute approximate surface area is 119 Å². The summed E-state index contributed by atoms with van der Waals surface area (Å²) >= 11 is 6.27. The van der Waals surface area contributed by atoms with Crippen molar-refractivity contribution in [1.29, 1.82) is 0 Å². The first-order valence-corrected chi connectivity index (χ1v) is 7.41. The van der Waals surface area contributed by atoms with Crippen molar-refractivity contribution in [2.24, 2.45) is 5.92 Å². The number of halogens is 1. The van der Waals surface area contributed by atoms with E-state index in [0.29, 0.717) is 30.0 Å². The molecule has 104 valence electrons. The lowest BCUT2D eigenvalue weighted by Gasteiger charge is -2.33. The van der Waals surface area contributed by atoms with E-state index in [1.165, 1.54) is 12.8 Å². The fourth-order valence-electron chi connectivity index (χ4n) is 2.72. The Morgan fingerprint density at radius 3 is 2.84 bits per heavy atom. The summed E-state index contributed by atoms with van der Waals surface area (Å²) in [6.07, 6.45) is 3.45. The number of benzene rings is 1. The van der Waals surface area contributed by atoms with Gasteiger partial charge in [-0.15, -0.1) is 0 Å². The lowest BCUT2D eigenvalue weighted by Crippen LogP contribution is -2.39. The molecule has 0 amide bonds. The molecule has 0 unspecified atom stereocenters. The molecule has 0 aromatic heterocycles. The molecule has 1 aromatic rings. The van der Waals surface area contributed by atoms with Crippen LogP contribution in [0.15, 0.2) is 12.1 Å². The average molecular weight is 282 g/mol. The molecule has 2 aliphatic rings. The van der Waals surface area contributed by atoms with E-state index in [1.54, 1.807) is 0 Å². The second-order valence-electron chi connectivity index (χ2n) is 5.61. The lowest BCUT2D eigenvalue weighted by molar-refractivity contribution is 0.240. The second kappa shape index (κ2) is 5.59. The van der Waals surface area contributed by atoms with E-state index in [1.807, 2.05) is 12.1 Å². The summed E-state index contributed by atoms with van der Waals surface area (Å²) in [4.78, 5) is 0. The fraction of sp³-hybridized carbons (Fsp3) is 0.600. The van der Waals surface area contributed by atoms with Gasteiger partial charge in [-0.25, -0.2) is 0 Å². The van der Waals surface area contributed by atoms with E-state index >= 15 is 0 Å². The molecule has 0 bridgehead atoms. The Kier molecular flexibility index (Phi) is 3.85. The van der Waals surface area contributed by atoms with Gasteiger partial charge in [0.05, 0.1) is 18.2 Å². The number of fused-ring (bicyclic) bond motifs is 1. The number of nitrogens with one attached hydrogen (secondary N) is 1. The predicted octanol–water partition coefficient (Wildman–Crippen LogP) is 3.39. The second-order valence-corrected chi connectivity index (χ2v) is 6.02. The Bertz CT molecular complexity index is 458. The smallest absolute Gasteiger partial charge is 0.179 e. The molecule has 3 nitrogen and oxygen atoms in total. The van der Waals surface area contributed by atoms with Gasteiger partial charge in [-0.3, -0.25) is 0 Å². The molecule has 0 atom stereocenters. The van der Waals surface area contributed by atoms with Crippen molar-refractivity contribution in [3.8, 4) is 11.5 Å². The molecule has 1 aliphatic carbocycles. The van der Waals surface area contributed by atoms with Crippen LogP contribution in [0, 0.1) is 5.92 Å². The molecular weight excluding hydrogens is 262 g/mol. The molecule has 3 rings (SSSR count). The maximum atomic E-state index is 6.27. The van der Waals surface area contributed by atoms with Gasteiger partial charge < -0.3 is 14.8 Å². The molecule has 19 heavy (non-hydrogen) atoms. The predicted molar refractivity (Wildman–Crippen MR) is 76.1 cm³/mol. The standard InChI is InChI=1S/C15H20ClNO2/c1-10-5-12(6-10)17-9-11-7-13(16)15-14(8-11)18-3-2-4-19-15/h7-8,10,12,17H,2-6,9H2,1H3. The van der Waals surface area contributed by atoms with Gasteiger partial charge >= 0.3 is 0 Å². The maximum Gasteiger partial charge on any atom is 0.179 e. The summed E-state index contributed by atoms with van der Waals surface area (Å²) in [7, 11) is 0. The lowest BCUT2D eigenvalue weighted by atomic mass is 9.82. The maximum absolute atomic E-state index is 6.27. The zero-order valence-electron chi connectivity index (χ0n) is 11.2. The van der Waals surface area contributed by atoms with Crippen molar-refractivity contribution in [3.63, 3.8) is 0 Å². The zero-order chi connectivity index (χ0) is 13.2. The van der Waals surface area contributed by atoms with Crippen LogP contribution in [-0.2, 0) is 6.54 Å². The highest BCUT2D eigenvalue weighted by Gasteiger charge is 2.24. The van der Waals surface area contributed by atoms with Crippen LogP contribution < -0.4 is 14.8 Å². The Hall–Kier alpha value is -0.930. The van der Waals surface area contributed by atoms with Gasteiger partial charge in [0.15, 0.2) is 11.5 Å². The summed E-state index contributed by atoms with van der Waals surface area (Å²) in [5.74, 6) is 2.34. The number of ether oxygens (including phenoxy) is 2. The quantitative estimate of drug-likeness (QED) is 0.921. The van der Waals surface area contributed by atoms with Crippen LogP contribution in [0.5, 0.6) is 11.5 Å². The van der Waals surface area contributed by atoms with Crippen molar-refractivity contribution >= 4 is 11.6 Å². The van der Waals surface area contributed by atoms with Crippen LogP contribution in [0.4, 0.5) is 0 Å². The van der Waals surface area contributed by atoms with Gasteiger partial charge in [-0.2, -0.15) is 0 Å². The highest BCUT2D eigenvalue weighted by molar-refractivity contribution is 6.32. The molecule has 1 aliphatic heterocycles. The van der Waals surface area contributed by atoms with E-state index in [4.69, 9.17) is 21.1 Å². The van der Waals surface area contributed by atoms with Gasteiger partial charge in [-0.05, 0) is 36.5 Å². The minimum atomic E-state index is 0.651. The molecule has 1 fully saturated rings. The van der Waals surface area contributed by atoms with Crippen LogP contribution >= 0.6 is 11.6 Å². The Morgan fingerprint density at radius 2 is 2.05 bits per heavy atom. The molecule has 0 saturated heterocycles. The SMILES string of the molecule is CC1CC(NCc2cc(Cl)c3c(c2)OCCCO3)C1. The van der Waals surface area contributed by atoms with Gasteiger partial charge in [-0.1, -0.05) is 18.5 Å². The van der Waals surface area contributed by atoms with E-state index in [0.717, 1.165) is 30.2 Å². The summed E-state index contributed by atoms with van der Waals surface area (Å²) in [6, 6.07) is 4.68. The third-order valence-corrected chi connectivity index (χ3v) is 4.11. The molecule has 1 heterocycles. The molecule has 4 heteroatoms. The average Bonchev–Trinajstić information content (AvgIpc) is 2.59. The van der Waals surface area contributed by atoms with Gasteiger partial charge in [0.2, 0.25) is 0 Å². The largest absolute Gasteiger partial charge is 0.489 e. The normalized spacial score (nSPS) is 25.6. The van der Waals surface area contributed by atoms with Gasteiger partial charge in [0, 0.05) is 19.0 Å². The number of hydrogen-bond acceptors (Lipinski definition) is 3. The van der Waals surface area contributed by atoms with Crippen molar-refractivity contribution < 1.29 is 9.47 Å². The van der Waals surface area contributed by atoms with E-state index in [2.05, 4.69) is 12.2 Å². The number of rotatable bonds is 3. The van der Waals surface area contributed by atoms with Crippen molar-refractivity contribution in [2.75, 3.05) is 13.2 Å². The van der Waals surface area contributed by atoms with E-state index in [-0.39, 0.29) is 0 Å². The molecule has 1 N–H and O–H groups in total. The highest BCUT2D eigenvalue weighted by atomic mass is 35.5. The van der Waals surface area contributed by atoms with Crippen LogP contribution in [0.3, 0.4) is 0 Å². The Balaban J connectivity index is 1.68. The third kappa shape index (κ3) is 2.98. The summed E-state index contributed by atoms with van der Waals surface area (Å²) in [5.41, 5.74) is 1.16. The van der Waals surface area contributed by atoms with Crippen molar-refractivity contribution in [2.45, 2.75) is 38.8 Å². The minimum absolute atomic E-state index is 0.651. The first kappa shape index (κ1) is 13.1. The van der Waals surface area contributed by atoms with Crippen molar-refractivity contribution in [3.05, 3.63) is 22.7 Å². The molecular formula is C15H20ClNO2.